The average Bonchev–Trinajstić information content (AvgIpc) is 2.91. The molecule has 0 saturated heterocycles. The first-order valence-corrected chi connectivity index (χ1v) is 7.80. The molecule has 0 amide bonds. The van der Waals surface area contributed by atoms with Crippen LogP contribution in [0.2, 0.25) is 0 Å². The fourth-order valence-corrected chi connectivity index (χ4v) is 2.77. The zero-order valence-electron chi connectivity index (χ0n) is 14.8. The predicted molar refractivity (Wildman–Crippen MR) is 95.8 cm³/mol. The van der Waals surface area contributed by atoms with Crippen molar-refractivity contribution < 1.29 is 19.4 Å². The molecule has 1 aromatic heterocycles. The van der Waals surface area contributed by atoms with E-state index in [1.807, 2.05) is 0 Å². The maximum Gasteiger partial charge on any atom is 0.355 e. The molecule has 1 aromatic carbocycles. The van der Waals surface area contributed by atoms with E-state index in [2.05, 4.69) is 10.1 Å². The van der Waals surface area contributed by atoms with E-state index in [9.17, 15) is 25.0 Å². The number of hydrogen-bond acceptors (Lipinski definition) is 8. The van der Waals surface area contributed by atoms with Crippen molar-refractivity contribution in [3.05, 3.63) is 66.5 Å². The summed E-state index contributed by atoms with van der Waals surface area (Å²) in [7, 11) is 0. The number of benzene rings is 1. The van der Waals surface area contributed by atoms with Gasteiger partial charge >= 0.3 is 5.97 Å². The lowest BCUT2D eigenvalue weighted by atomic mass is 9.97. The highest BCUT2D eigenvalue weighted by molar-refractivity contribution is 6.17. The number of aryl methyl sites for hydroxylation is 1. The third-order valence-corrected chi connectivity index (χ3v) is 3.93. The normalized spacial score (nSPS) is 11.3. The van der Waals surface area contributed by atoms with E-state index in [-0.39, 0.29) is 23.6 Å². The summed E-state index contributed by atoms with van der Waals surface area (Å²) >= 11 is 0. The first-order chi connectivity index (χ1) is 12.7. The van der Waals surface area contributed by atoms with Crippen LogP contribution in [-0.2, 0) is 4.74 Å². The molecule has 0 radical (unpaired) electrons. The number of nitro groups is 2. The van der Waals surface area contributed by atoms with Gasteiger partial charge in [0.1, 0.15) is 11.4 Å². The van der Waals surface area contributed by atoms with E-state index in [4.69, 9.17) is 10.6 Å². The van der Waals surface area contributed by atoms with Gasteiger partial charge in [-0.1, -0.05) is 0 Å². The smallest absolute Gasteiger partial charge is 0.355 e. The van der Waals surface area contributed by atoms with Gasteiger partial charge < -0.3 is 15.6 Å². The van der Waals surface area contributed by atoms with Crippen molar-refractivity contribution >= 4 is 23.1 Å². The van der Waals surface area contributed by atoms with Crippen LogP contribution in [0.4, 0.5) is 11.4 Å². The van der Waals surface area contributed by atoms with Crippen molar-refractivity contribution in [1.82, 2.24) is 4.98 Å². The molecule has 0 atom stereocenters. The number of hydrazone groups is 1. The molecule has 2 aromatic rings. The highest BCUT2D eigenvalue weighted by atomic mass is 16.6. The Bertz CT molecular complexity index is 962. The Morgan fingerprint density at radius 3 is 2.44 bits per heavy atom. The van der Waals surface area contributed by atoms with E-state index >= 15 is 0 Å². The van der Waals surface area contributed by atoms with Crippen molar-refractivity contribution in [3.8, 4) is 0 Å². The lowest BCUT2D eigenvalue weighted by molar-refractivity contribution is -0.394. The lowest BCUT2D eigenvalue weighted by Crippen LogP contribution is -2.12. The molecule has 0 unspecified atom stereocenters. The van der Waals surface area contributed by atoms with Crippen molar-refractivity contribution in [3.63, 3.8) is 0 Å². The van der Waals surface area contributed by atoms with E-state index in [1.54, 1.807) is 20.8 Å². The Kier molecular flexibility index (Phi) is 5.54. The molecular weight excluding hydrogens is 358 g/mol. The van der Waals surface area contributed by atoms with E-state index in [1.165, 1.54) is 6.07 Å². The summed E-state index contributed by atoms with van der Waals surface area (Å²) in [5.41, 5.74) is 0.567. The molecule has 27 heavy (non-hydrogen) atoms. The van der Waals surface area contributed by atoms with Crippen molar-refractivity contribution in [2.45, 2.75) is 20.8 Å². The Balaban J connectivity index is 2.67. The number of hydrogen-bond donors (Lipinski definition) is 2. The Morgan fingerprint density at radius 2 is 1.93 bits per heavy atom. The summed E-state index contributed by atoms with van der Waals surface area (Å²) in [4.78, 5) is 35.8. The van der Waals surface area contributed by atoms with Crippen LogP contribution in [0.15, 0.2) is 23.3 Å². The highest BCUT2D eigenvalue weighted by Crippen LogP contribution is 2.30. The van der Waals surface area contributed by atoms with Crippen LogP contribution in [-0.4, -0.2) is 33.1 Å². The largest absolute Gasteiger partial charge is 0.461 e. The first kappa shape index (κ1) is 19.6. The van der Waals surface area contributed by atoms with Crippen molar-refractivity contribution in [2.24, 2.45) is 10.9 Å². The number of nitrogens with two attached hydrogens (primary N) is 1. The van der Waals surface area contributed by atoms with Gasteiger partial charge in [0, 0.05) is 17.3 Å². The molecular formula is C16H17N5O6. The Hall–Kier alpha value is -3.76. The standard InChI is InChI=1S/C16H17N5O6/c1-4-27-16(22)14-8(2)13(9(3)18-14)15(19-17)11-6-5-10(20(23)24)7-12(11)21(25)26/h5-7,18H,4,17H2,1-3H3. The Morgan fingerprint density at radius 1 is 1.26 bits per heavy atom. The minimum Gasteiger partial charge on any atom is -0.461 e. The van der Waals surface area contributed by atoms with Gasteiger partial charge in [-0.3, -0.25) is 20.2 Å². The molecule has 11 nitrogen and oxygen atoms in total. The topological polar surface area (TPSA) is 167 Å². The third kappa shape index (κ3) is 3.61. The SMILES string of the molecule is CCOC(=O)c1[nH]c(C)c(C(=NN)c2ccc([N+](=O)[O-])cc2[N+](=O)[O-])c1C. The summed E-state index contributed by atoms with van der Waals surface area (Å²) in [6, 6.07) is 3.17. The zero-order chi connectivity index (χ0) is 20.3. The zero-order valence-corrected chi connectivity index (χ0v) is 14.8. The molecule has 142 valence electrons. The molecule has 0 aliphatic carbocycles. The van der Waals surface area contributed by atoms with Crippen molar-refractivity contribution in [2.75, 3.05) is 6.61 Å². The average molecular weight is 375 g/mol. The first-order valence-electron chi connectivity index (χ1n) is 7.80. The second-order valence-corrected chi connectivity index (χ2v) is 5.54. The molecule has 11 heteroatoms. The number of nitro benzene ring substituents is 2. The molecule has 3 N–H and O–H groups in total. The number of carbonyl (C=O) groups excluding carboxylic acids is 1. The summed E-state index contributed by atoms with van der Waals surface area (Å²) in [5.74, 6) is 4.90. The van der Waals surface area contributed by atoms with Crippen molar-refractivity contribution in [1.29, 1.82) is 0 Å². The van der Waals surface area contributed by atoms with E-state index < -0.39 is 27.2 Å². The number of H-pyrrole nitrogens is 1. The Labute approximate surface area is 153 Å². The number of aromatic nitrogens is 1. The van der Waals surface area contributed by atoms with Gasteiger partial charge in [0.15, 0.2) is 0 Å². The van der Waals surface area contributed by atoms with Crippen LogP contribution >= 0.6 is 0 Å². The summed E-state index contributed by atoms with van der Waals surface area (Å²) in [6.07, 6.45) is 0. The number of esters is 1. The summed E-state index contributed by atoms with van der Waals surface area (Å²) in [5, 5.41) is 26.0. The lowest BCUT2D eigenvalue weighted by Gasteiger charge is -2.08. The van der Waals surface area contributed by atoms with Gasteiger partial charge in [0.2, 0.25) is 0 Å². The van der Waals surface area contributed by atoms with Gasteiger partial charge in [-0.15, -0.1) is 0 Å². The molecule has 0 aliphatic rings. The highest BCUT2D eigenvalue weighted by Gasteiger charge is 2.28. The number of carbonyl (C=O) groups is 1. The fraction of sp³-hybridized carbons (Fsp3) is 0.250. The van der Waals surface area contributed by atoms with Gasteiger partial charge in [-0.25, -0.2) is 4.79 Å². The van der Waals surface area contributed by atoms with Crippen LogP contribution < -0.4 is 5.84 Å². The van der Waals surface area contributed by atoms with Crippen LogP contribution in [0.3, 0.4) is 0 Å². The number of nitrogens with zero attached hydrogens (tertiary/aromatic N) is 3. The van der Waals surface area contributed by atoms with Gasteiger partial charge in [-0.05, 0) is 32.4 Å². The minimum atomic E-state index is -0.753. The predicted octanol–water partition coefficient (Wildman–Crippen LogP) is 2.34. The molecule has 0 spiro atoms. The van der Waals surface area contributed by atoms with E-state index in [0.717, 1.165) is 12.1 Å². The second kappa shape index (κ2) is 7.64. The maximum atomic E-state index is 12.1. The van der Waals surface area contributed by atoms with E-state index in [0.29, 0.717) is 16.8 Å². The molecule has 1 heterocycles. The fourth-order valence-electron chi connectivity index (χ4n) is 2.77. The number of non-ortho nitro benzene ring substituents is 1. The number of ether oxygens (including phenoxy) is 1. The summed E-state index contributed by atoms with van der Waals surface area (Å²) < 4.78 is 4.98. The molecule has 0 bridgehead atoms. The molecule has 2 rings (SSSR count). The van der Waals surface area contributed by atoms with Crippen LogP contribution in [0.1, 0.15) is 39.8 Å². The molecule has 0 aliphatic heterocycles. The van der Waals surface area contributed by atoms with Gasteiger partial charge in [0.05, 0.1) is 28.1 Å². The van der Waals surface area contributed by atoms with Crippen LogP contribution in [0, 0.1) is 34.1 Å². The minimum absolute atomic E-state index is 0.00583. The monoisotopic (exact) mass is 375 g/mol. The van der Waals surface area contributed by atoms with Crippen LogP contribution in [0.5, 0.6) is 0 Å². The maximum absolute atomic E-state index is 12.1. The third-order valence-electron chi connectivity index (χ3n) is 3.93. The number of aromatic amines is 1. The van der Waals surface area contributed by atoms with Crippen LogP contribution in [0.25, 0.3) is 0 Å². The van der Waals surface area contributed by atoms with Gasteiger partial charge in [0.25, 0.3) is 11.4 Å². The van der Waals surface area contributed by atoms with Gasteiger partial charge in [-0.2, -0.15) is 5.10 Å². The number of nitrogens with one attached hydrogen (secondary N) is 1. The summed E-state index contributed by atoms with van der Waals surface area (Å²) in [6.45, 7) is 5.11. The second-order valence-electron chi connectivity index (χ2n) is 5.54. The number of rotatable bonds is 6. The quantitative estimate of drug-likeness (QED) is 0.257. The molecule has 0 saturated carbocycles. The molecule has 0 fully saturated rings.